The van der Waals surface area contributed by atoms with Gasteiger partial charge in [0.15, 0.2) is 0 Å². The fourth-order valence-electron chi connectivity index (χ4n) is 1.32. The number of aryl methyl sites for hydroxylation is 1. The third kappa shape index (κ3) is 5.24. The summed E-state index contributed by atoms with van der Waals surface area (Å²) in [6.07, 6.45) is 3.71. The molecule has 0 unspecified atom stereocenters. The lowest BCUT2D eigenvalue weighted by atomic mass is 10.2. The Morgan fingerprint density at radius 1 is 1.29 bits per heavy atom. The number of benzene rings is 1. The van der Waals surface area contributed by atoms with Crippen LogP contribution in [0.3, 0.4) is 0 Å². The van der Waals surface area contributed by atoms with Crippen molar-refractivity contribution < 1.29 is 0 Å². The fourth-order valence-corrected chi connectivity index (χ4v) is 2.26. The Morgan fingerprint density at radius 2 is 2.00 bits per heavy atom. The molecule has 0 fully saturated rings. The standard InChI is InChI=1S/C14H14N2S/c1-12-5-7-14(8-6-12)17-13(9-11-16)4-2-3-10-15/h5-9H,2-4H2,1H3/b13-9-. The van der Waals surface area contributed by atoms with E-state index in [1.54, 1.807) is 17.8 Å². The van der Waals surface area contributed by atoms with Gasteiger partial charge in [-0.15, -0.1) is 0 Å². The highest BCUT2D eigenvalue weighted by atomic mass is 32.2. The predicted octanol–water partition coefficient (Wildman–Crippen LogP) is 4.19. The molecule has 17 heavy (non-hydrogen) atoms. The number of rotatable bonds is 5. The second-order valence-corrected chi connectivity index (χ2v) is 4.87. The number of nitrogens with zero attached hydrogens (tertiary/aromatic N) is 2. The maximum atomic E-state index is 8.71. The van der Waals surface area contributed by atoms with E-state index in [2.05, 4.69) is 36.4 Å². The average Bonchev–Trinajstić information content (AvgIpc) is 2.32. The van der Waals surface area contributed by atoms with Gasteiger partial charge >= 0.3 is 0 Å². The average molecular weight is 242 g/mol. The first kappa shape index (κ1) is 13.4. The van der Waals surface area contributed by atoms with Crippen LogP contribution in [0.15, 0.2) is 40.1 Å². The van der Waals surface area contributed by atoms with Crippen LogP contribution >= 0.6 is 11.8 Å². The topological polar surface area (TPSA) is 47.6 Å². The van der Waals surface area contributed by atoms with E-state index < -0.39 is 0 Å². The molecule has 0 heterocycles. The Labute approximate surface area is 107 Å². The summed E-state index contributed by atoms with van der Waals surface area (Å²) in [7, 11) is 0. The zero-order chi connectivity index (χ0) is 12.5. The van der Waals surface area contributed by atoms with Crippen LogP contribution in [0, 0.1) is 29.6 Å². The van der Waals surface area contributed by atoms with Gasteiger partial charge in [-0.3, -0.25) is 0 Å². The van der Waals surface area contributed by atoms with Gasteiger partial charge < -0.3 is 0 Å². The van der Waals surface area contributed by atoms with E-state index in [0.717, 1.165) is 22.6 Å². The number of allylic oxidation sites excluding steroid dienone is 2. The largest absolute Gasteiger partial charge is 0.198 e. The van der Waals surface area contributed by atoms with E-state index in [1.807, 2.05) is 6.92 Å². The number of thioether (sulfide) groups is 1. The van der Waals surface area contributed by atoms with Gasteiger partial charge in [0, 0.05) is 22.3 Å². The van der Waals surface area contributed by atoms with Gasteiger partial charge in [-0.1, -0.05) is 29.5 Å². The van der Waals surface area contributed by atoms with Crippen LogP contribution in [-0.2, 0) is 0 Å². The minimum Gasteiger partial charge on any atom is -0.198 e. The van der Waals surface area contributed by atoms with Crippen LogP contribution in [0.1, 0.15) is 24.8 Å². The highest BCUT2D eigenvalue weighted by Crippen LogP contribution is 2.29. The van der Waals surface area contributed by atoms with Crippen LogP contribution in [0.25, 0.3) is 0 Å². The zero-order valence-corrected chi connectivity index (χ0v) is 10.6. The molecule has 0 atom stereocenters. The molecule has 1 aromatic rings. The van der Waals surface area contributed by atoms with Crippen molar-refractivity contribution >= 4 is 11.8 Å². The molecule has 0 saturated carbocycles. The van der Waals surface area contributed by atoms with Gasteiger partial charge in [0.25, 0.3) is 0 Å². The molecule has 3 heteroatoms. The Hall–Kier alpha value is -1.71. The molecule has 0 spiro atoms. The Kier molecular flexibility index (Phi) is 5.93. The summed E-state index contributed by atoms with van der Waals surface area (Å²) in [5.41, 5.74) is 1.23. The Bertz CT molecular complexity index is 460. The first-order valence-corrected chi connectivity index (χ1v) is 6.28. The van der Waals surface area contributed by atoms with Crippen molar-refractivity contribution in [2.45, 2.75) is 31.1 Å². The van der Waals surface area contributed by atoms with Crippen molar-refractivity contribution in [1.29, 1.82) is 10.5 Å². The molecule has 1 aromatic carbocycles. The summed E-state index contributed by atoms with van der Waals surface area (Å²) in [6, 6.07) is 12.4. The molecule has 0 aromatic heterocycles. The van der Waals surface area contributed by atoms with Crippen molar-refractivity contribution in [2.24, 2.45) is 0 Å². The molecule has 2 nitrogen and oxygen atoms in total. The molecular weight excluding hydrogens is 228 g/mol. The van der Waals surface area contributed by atoms with Crippen LogP contribution in [0.2, 0.25) is 0 Å². The lowest BCUT2D eigenvalue weighted by molar-refractivity contribution is 0.868. The molecule has 0 aliphatic rings. The zero-order valence-electron chi connectivity index (χ0n) is 9.81. The quantitative estimate of drug-likeness (QED) is 0.442. The molecule has 0 amide bonds. The van der Waals surface area contributed by atoms with Crippen molar-refractivity contribution in [3.05, 3.63) is 40.8 Å². The van der Waals surface area contributed by atoms with Crippen LogP contribution in [0.5, 0.6) is 0 Å². The van der Waals surface area contributed by atoms with E-state index in [-0.39, 0.29) is 0 Å². The van der Waals surface area contributed by atoms with Gasteiger partial charge in [-0.2, -0.15) is 10.5 Å². The van der Waals surface area contributed by atoms with E-state index >= 15 is 0 Å². The maximum Gasteiger partial charge on any atom is 0.0920 e. The molecular formula is C14H14N2S. The van der Waals surface area contributed by atoms with Gasteiger partial charge in [-0.25, -0.2) is 0 Å². The second-order valence-electron chi connectivity index (χ2n) is 3.67. The van der Waals surface area contributed by atoms with Crippen molar-refractivity contribution in [3.8, 4) is 12.1 Å². The molecule has 86 valence electrons. The Morgan fingerprint density at radius 3 is 2.59 bits per heavy atom. The van der Waals surface area contributed by atoms with Gasteiger partial charge in [0.2, 0.25) is 0 Å². The molecule has 0 N–H and O–H groups in total. The number of hydrogen-bond acceptors (Lipinski definition) is 3. The number of hydrogen-bond donors (Lipinski definition) is 0. The van der Waals surface area contributed by atoms with E-state index in [4.69, 9.17) is 10.5 Å². The molecule has 0 aliphatic heterocycles. The van der Waals surface area contributed by atoms with Crippen molar-refractivity contribution in [3.63, 3.8) is 0 Å². The highest BCUT2D eigenvalue weighted by Gasteiger charge is 2.01. The normalized spacial score (nSPS) is 10.6. The second kappa shape index (κ2) is 7.54. The molecule has 0 aliphatic carbocycles. The summed E-state index contributed by atoms with van der Waals surface area (Å²) >= 11 is 1.60. The van der Waals surface area contributed by atoms with E-state index in [1.165, 1.54) is 5.56 Å². The summed E-state index contributed by atoms with van der Waals surface area (Å²) < 4.78 is 0. The highest BCUT2D eigenvalue weighted by molar-refractivity contribution is 8.03. The third-order valence-electron chi connectivity index (χ3n) is 2.21. The van der Waals surface area contributed by atoms with Crippen LogP contribution < -0.4 is 0 Å². The maximum absolute atomic E-state index is 8.71. The van der Waals surface area contributed by atoms with Gasteiger partial charge in [0.1, 0.15) is 0 Å². The van der Waals surface area contributed by atoms with E-state index in [0.29, 0.717) is 6.42 Å². The number of unbranched alkanes of at least 4 members (excludes halogenated alkanes) is 1. The van der Waals surface area contributed by atoms with Gasteiger partial charge in [0.05, 0.1) is 12.1 Å². The van der Waals surface area contributed by atoms with Crippen molar-refractivity contribution in [2.75, 3.05) is 0 Å². The minimum atomic E-state index is 0.539. The summed E-state index contributed by atoms with van der Waals surface area (Å²) in [5, 5.41) is 17.2. The third-order valence-corrected chi connectivity index (χ3v) is 3.30. The van der Waals surface area contributed by atoms with Crippen molar-refractivity contribution in [1.82, 2.24) is 0 Å². The lowest BCUT2D eigenvalue weighted by Gasteiger charge is -2.05. The molecule has 0 saturated heterocycles. The molecule has 1 rings (SSSR count). The fraction of sp³-hybridized carbons (Fsp3) is 0.286. The monoisotopic (exact) mass is 242 g/mol. The number of nitriles is 2. The van der Waals surface area contributed by atoms with E-state index in [9.17, 15) is 0 Å². The van der Waals surface area contributed by atoms with Crippen LogP contribution in [0.4, 0.5) is 0 Å². The molecule has 0 radical (unpaired) electrons. The first-order chi connectivity index (χ1) is 8.26. The SMILES string of the molecule is Cc1ccc(S/C(=C\C#N)CCCC#N)cc1. The lowest BCUT2D eigenvalue weighted by Crippen LogP contribution is -1.81. The summed E-state index contributed by atoms with van der Waals surface area (Å²) in [4.78, 5) is 2.15. The smallest absolute Gasteiger partial charge is 0.0920 e. The predicted molar refractivity (Wildman–Crippen MR) is 70.2 cm³/mol. The van der Waals surface area contributed by atoms with Crippen LogP contribution in [-0.4, -0.2) is 0 Å². The Balaban J connectivity index is 2.62. The minimum absolute atomic E-state index is 0.539. The summed E-state index contributed by atoms with van der Waals surface area (Å²) in [6.45, 7) is 2.05. The summed E-state index contributed by atoms with van der Waals surface area (Å²) in [5.74, 6) is 0. The first-order valence-electron chi connectivity index (χ1n) is 5.46. The van der Waals surface area contributed by atoms with Gasteiger partial charge in [-0.05, 0) is 31.9 Å². The molecule has 0 bridgehead atoms.